The molecular formula is C16H25N5O2. The molecule has 0 aliphatic carbocycles. The molecule has 2 N–H and O–H groups in total. The summed E-state index contributed by atoms with van der Waals surface area (Å²) in [5, 5.41) is 6.50. The fourth-order valence-electron chi connectivity index (χ4n) is 2.21. The molecule has 0 aliphatic heterocycles. The Morgan fingerprint density at radius 2 is 2.13 bits per heavy atom. The molecule has 1 unspecified atom stereocenters. The maximum Gasteiger partial charge on any atom is 0.214 e. The van der Waals surface area contributed by atoms with Gasteiger partial charge >= 0.3 is 0 Å². The number of aromatic nitrogens is 1. The van der Waals surface area contributed by atoms with Crippen LogP contribution in [0, 0.1) is 13.8 Å². The van der Waals surface area contributed by atoms with Crippen LogP contribution in [0.3, 0.4) is 0 Å². The van der Waals surface area contributed by atoms with Crippen LogP contribution in [-0.2, 0) is 6.54 Å². The number of hydrogen-bond acceptors (Lipinski definition) is 5. The van der Waals surface area contributed by atoms with Crippen molar-refractivity contribution in [1.82, 2.24) is 20.5 Å². The number of likely N-dealkylation sites (N-methyl/N-ethyl adjacent to an activating group) is 1. The molecule has 0 aliphatic rings. The molecule has 0 saturated heterocycles. The number of oxazole rings is 1. The van der Waals surface area contributed by atoms with Gasteiger partial charge in [0, 0.05) is 13.6 Å². The van der Waals surface area contributed by atoms with Crippen LogP contribution in [0.15, 0.2) is 32.2 Å². The number of nitrogens with zero attached hydrogens (tertiary/aromatic N) is 3. The summed E-state index contributed by atoms with van der Waals surface area (Å²) >= 11 is 0. The Hall–Kier alpha value is -2.28. The molecule has 0 bridgehead atoms. The number of furan rings is 1. The van der Waals surface area contributed by atoms with E-state index in [1.54, 1.807) is 13.3 Å². The molecule has 0 amide bonds. The SMILES string of the molecule is CN=C(NCc1nc(C)c(C)o1)NCC(c1ccco1)N(C)C. The van der Waals surface area contributed by atoms with Crippen molar-refractivity contribution in [3.05, 3.63) is 41.5 Å². The van der Waals surface area contributed by atoms with Crippen molar-refractivity contribution < 1.29 is 8.83 Å². The zero-order valence-corrected chi connectivity index (χ0v) is 14.4. The molecule has 126 valence electrons. The summed E-state index contributed by atoms with van der Waals surface area (Å²) in [6, 6.07) is 3.99. The number of hydrogen-bond donors (Lipinski definition) is 2. The van der Waals surface area contributed by atoms with Gasteiger partial charge in [-0.1, -0.05) is 0 Å². The third kappa shape index (κ3) is 4.59. The second kappa shape index (κ2) is 7.82. The van der Waals surface area contributed by atoms with Crippen LogP contribution in [-0.4, -0.2) is 43.5 Å². The molecule has 2 aromatic heterocycles. The van der Waals surface area contributed by atoms with Crippen LogP contribution in [0.4, 0.5) is 0 Å². The van der Waals surface area contributed by atoms with Crippen molar-refractivity contribution in [3.8, 4) is 0 Å². The summed E-state index contributed by atoms with van der Waals surface area (Å²) < 4.78 is 11.1. The molecule has 0 radical (unpaired) electrons. The molecular weight excluding hydrogens is 294 g/mol. The van der Waals surface area contributed by atoms with Crippen molar-refractivity contribution in [3.63, 3.8) is 0 Å². The summed E-state index contributed by atoms with van der Waals surface area (Å²) in [4.78, 5) is 10.7. The molecule has 7 heteroatoms. The standard InChI is InChI=1S/C16H25N5O2/c1-11-12(2)23-15(20-11)10-19-16(17-3)18-9-13(21(4)5)14-7-6-8-22-14/h6-8,13H,9-10H2,1-5H3,(H2,17,18,19). The summed E-state index contributed by atoms with van der Waals surface area (Å²) in [5.41, 5.74) is 0.912. The van der Waals surface area contributed by atoms with Crippen LogP contribution in [0.1, 0.15) is 29.1 Å². The molecule has 2 rings (SSSR count). The van der Waals surface area contributed by atoms with E-state index in [-0.39, 0.29) is 6.04 Å². The fourth-order valence-corrected chi connectivity index (χ4v) is 2.21. The average Bonchev–Trinajstić information content (AvgIpc) is 3.13. The lowest BCUT2D eigenvalue weighted by Gasteiger charge is -2.23. The Balaban J connectivity index is 1.89. The topological polar surface area (TPSA) is 78.8 Å². The number of aliphatic imine (C=N–C) groups is 1. The summed E-state index contributed by atoms with van der Waals surface area (Å²) in [6.45, 7) is 5.00. The number of nitrogens with one attached hydrogen (secondary N) is 2. The lowest BCUT2D eigenvalue weighted by Crippen LogP contribution is -2.41. The van der Waals surface area contributed by atoms with E-state index in [1.807, 2.05) is 40.1 Å². The lowest BCUT2D eigenvalue weighted by atomic mass is 10.2. The molecule has 0 aromatic carbocycles. The highest BCUT2D eigenvalue weighted by Gasteiger charge is 2.17. The van der Waals surface area contributed by atoms with Gasteiger partial charge in [-0.2, -0.15) is 0 Å². The Morgan fingerprint density at radius 3 is 2.65 bits per heavy atom. The first-order valence-corrected chi connectivity index (χ1v) is 7.58. The lowest BCUT2D eigenvalue weighted by molar-refractivity contribution is 0.258. The minimum Gasteiger partial charge on any atom is -0.468 e. The van der Waals surface area contributed by atoms with E-state index in [0.29, 0.717) is 24.9 Å². The van der Waals surface area contributed by atoms with Gasteiger partial charge in [0.15, 0.2) is 5.96 Å². The van der Waals surface area contributed by atoms with Crippen molar-refractivity contribution in [2.75, 3.05) is 27.7 Å². The van der Waals surface area contributed by atoms with E-state index in [2.05, 4.69) is 25.5 Å². The zero-order valence-electron chi connectivity index (χ0n) is 14.4. The Morgan fingerprint density at radius 1 is 1.35 bits per heavy atom. The quantitative estimate of drug-likeness (QED) is 0.625. The minimum absolute atomic E-state index is 0.120. The third-order valence-corrected chi connectivity index (χ3v) is 3.66. The van der Waals surface area contributed by atoms with Crippen molar-refractivity contribution >= 4 is 5.96 Å². The molecule has 2 heterocycles. The van der Waals surface area contributed by atoms with Crippen LogP contribution in [0.25, 0.3) is 0 Å². The largest absolute Gasteiger partial charge is 0.468 e. The average molecular weight is 319 g/mol. The fraction of sp³-hybridized carbons (Fsp3) is 0.500. The van der Waals surface area contributed by atoms with Gasteiger partial charge in [0.2, 0.25) is 5.89 Å². The van der Waals surface area contributed by atoms with Gasteiger partial charge in [-0.25, -0.2) is 4.98 Å². The third-order valence-electron chi connectivity index (χ3n) is 3.66. The summed E-state index contributed by atoms with van der Waals surface area (Å²) in [5.74, 6) is 3.10. The highest BCUT2D eigenvalue weighted by atomic mass is 16.4. The maximum absolute atomic E-state index is 5.55. The van der Waals surface area contributed by atoms with Crippen LogP contribution in [0.5, 0.6) is 0 Å². The molecule has 7 nitrogen and oxygen atoms in total. The second-order valence-corrected chi connectivity index (χ2v) is 5.55. The molecule has 0 saturated carbocycles. The normalized spacial score (nSPS) is 13.4. The maximum atomic E-state index is 5.55. The highest BCUT2D eigenvalue weighted by molar-refractivity contribution is 5.79. The minimum atomic E-state index is 0.120. The Labute approximate surface area is 136 Å². The highest BCUT2D eigenvalue weighted by Crippen LogP contribution is 2.17. The number of guanidine groups is 1. The van der Waals surface area contributed by atoms with Crippen LogP contribution in [0.2, 0.25) is 0 Å². The van der Waals surface area contributed by atoms with E-state index in [4.69, 9.17) is 8.83 Å². The van der Waals surface area contributed by atoms with E-state index < -0.39 is 0 Å². The molecule has 23 heavy (non-hydrogen) atoms. The molecule has 0 fully saturated rings. The van der Waals surface area contributed by atoms with Crippen molar-refractivity contribution in [2.24, 2.45) is 4.99 Å². The van der Waals surface area contributed by atoms with Crippen molar-refractivity contribution in [2.45, 2.75) is 26.4 Å². The first-order chi connectivity index (χ1) is 11.0. The molecule has 2 aromatic rings. The zero-order chi connectivity index (χ0) is 16.8. The van der Waals surface area contributed by atoms with Gasteiger partial charge in [-0.05, 0) is 40.1 Å². The van der Waals surface area contributed by atoms with Gasteiger partial charge < -0.3 is 19.5 Å². The monoisotopic (exact) mass is 319 g/mol. The number of rotatable bonds is 6. The van der Waals surface area contributed by atoms with Gasteiger partial charge in [-0.15, -0.1) is 0 Å². The first-order valence-electron chi connectivity index (χ1n) is 7.58. The summed E-state index contributed by atoms with van der Waals surface area (Å²) in [6.07, 6.45) is 1.69. The molecule has 0 spiro atoms. The summed E-state index contributed by atoms with van der Waals surface area (Å²) in [7, 11) is 5.77. The van der Waals surface area contributed by atoms with E-state index in [9.17, 15) is 0 Å². The van der Waals surface area contributed by atoms with Crippen molar-refractivity contribution in [1.29, 1.82) is 0 Å². The van der Waals surface area contributed by atoms with Gasteiger partial charge in [-0.3, -0.25) is 9.89 Å². The van der Waals surface area contributed by atoms with Gasteiger partial charge in [0.05, 0.1) is 24.5 Å². The van der Waals surface area contributed by atoms with E-state index in [1.165, 1.54) is 0 Å². The van der Waals surface area contributed by atoms with Crippen LogP contribution >= 0.6 is 0 Å². The van der Waals surface area contributed by atoms with E-state index >= 15 is 0 Å². The Bertz CT molecular complexity index is 611. The Kier molecular flexibility index (Phi) is 5.81. The first kappa shape index (κ1) is 17.1. The van der Waals surface area contributed by atoms with Gasteiger partial charge in [0.25, 0.3) is 0 Å². The molecule has 1 atom stereocenters. The predicted octanol–water partition coefficient (Wildman–Crippen LogP) is 1.85. The number of aryl methyl sites for hydroxylation is 2. The van der Waals surface area contributed by atoms with Crippen LogP contribution < -0.4 is 10.6 Å². The smallest absolute Gasteiger partial charge is 0.214 e. The van der Waals surface area contributed by atoms with Gasteiger partial charge in [0.1, 0.15) is 11.5 Å². The predicted molar refractivity (Wildman–Crippen MR) is 89.3 cm³/mol. The second-order valence-electron chi connectivity index (χ2n) is 5.55. The van der Waals surface area contributed by atoms with E-state index in [0.717, 1.165) is 17.2 Å².